The number of thioether (sulfide) groups is 1. The van der Waals surface area contributed by atoms with Crippen molar-refractivity contribution in [3.05, 3.63) is 69.7 Å². The SMILES string of the molecule is CN(Cc1ccccc1Br)C(=O)CSCc1ccc(C#N)cc1. The van der Waals surface area contributed by atoms with E-state index >= 15 is 0 Å². The number of nitriles is 1. The molecule has 2 aromatic rings. The molecule has 0 aliphatic rings. The zero-order chi connectivity index (χ0) is 16.7. The van der Waals surface area contributed by atoms with Gasteiger partial charge in [-0.3, -0.25) is 4.79 Å². The van der Waals surface area contributed by atoms with Gasteiger partial charge in [0.05, 0.1) is 17.4 Å². The van der Waals surface area contributed by atoms with Gasteiger partial charge in [-0.25, -0.2) is 0 Å². The van der Waals surface area contributed by atoms with Crippen LogP contribution in [0.1, 0.15) is 16.7 Å². The number of amides is 1. The first-order valence-electron chi connectivity index (χ1n) is 7.14. The second-order valence-electron chi connectivity index (χ2n) is 5.14. The number of nitrogens with zero attached hydrogens (tertiary/aromatic N) is 2. The van der Waals surface area contributed by atoms with Crippen molar-refractivity contribution in [2.45, 2.75) is 12.3 Å². The van der Waals surface area contributed by atoms with Crippen LogP contribution in [-0.2, 0) is 17.1 Å². The third kappa shape index (κ3) is 5.42. The van der Waals surface area contributed by atoms with Gasteiger partial charge in [-0.2, -0.15) is 5.26 Å². The zero-order valence-corrected chi connectivity index (χ0v) is 15.2. The fourth-order valence-corrected chi connectivity index (χ4v) is 3.35. The molecule has 0 saturated carbocycles. The summed E-state index contributed by atoms with van der Waals surface area (Å²) in [5, 5.41) is 8.77. The highest BCUT2D eigenvalue weighted by Gasteiger charge is 2.10. The zero-order valence-electron chi connectivity index (χ0n) is 12.8. The third-order valence-electron chi connectivity index (χ3n) is 3.37. The van der Waals surface area contributed by atoms with Crippen molar-refractivity contribution in [1.82, 2.24) is 4.90 Å². The van der Waals surface area contributed by atoms with Crippen LogP contribution >= 0.6 is 27.7 Å². The summed E-state index contributed by atoms with van der Waals surface area (Å²) in [4.78, 5) is 13.9. The Morgan fingerprint density at radius 2 is 1.91 bits per heavy atom. The summed E-state index contributed by atoms with van der Waals surface area (Å²) in [6.45, 7) is 0.595. The van der Waals surface area contributed by atoms with Crippen molar-refractivity contribution < 1.29 is 4.79 Å². The highest BCUT2D eigenvalue weighted by atomic mass is 79.9. The number of hydrogen-bond donors (Lipinski definition) is 0. The van der Waals surface area contributed by atoms with Gasteiger partial charge in [0.25, 0.3) is 0 Å². The van der Waals surface area contributed by atoms with Crippen LogP contribution in [0.4, 0.5) is 0 Å². The van der Waals surface area contributed by atoms with E-state index in [0.29, 0.717) is 17.9 Å². The van der Waals surface area contributed by atoms with Crippen LogP contribution in [0.3, 0.4) is 0 Å². The lowest BCUT2D eigenvalue weighted by Gasteiger charge is -2.18. The number of carbonyl (C=O) groups is 1. The molecule has 0 unspecified atom stereocenters. The Morgan fingerprint density at radius 1 is 1.22 bits per heavy atom. The second kappa shape index (κ2) is 8.76. The molecule has 0 radical (unpaired) electrons. The lowest BCUT2D eigenvalue weighted by molar-refractivity contribution is -0.127. The van der Waals surface area contributed by atoms with Gasteiger partial charge in [0, 0.05) is 23.8 Å². The normalized spacial score (nSPS) is 10.1. The summed E-state index contributed by atoms with van der Waals surface area (Å²) >= 11 is 5.09. The first kappa shape index (κ1) is 17.6. The van der Waals surface area contributed by atoms with Crippen LogP contribution in [0.5, 0.6) is 0 Å². The molecule has 2 rings (SSSR count). The number of rotatable bonds is 6. The van der Waals surface area contributed by atoms with Gasteiger partial charge >= 0.3 is 0 Å². The highest BCUT2D eigenvalue weighted by molar-refractivity contribution is 9.10. The number of benzene rings is 2. The molecule has 0 N–H and O–H groups in total. The van der Waals surface area contributed by atoms with Crippen molar-refractivity contribution in [3.63, 3.8) is 0 Å². The molecule has 0 spiro atoms. The minimum absolute atomic E-state index is 0.111. The lowest BCUT2D eigenvalue weighted by atomic mass is 10.2. The van der Waals surface area contributed by atoms with E-state index in [1.807, 2.05) is 43.4 Å². The Morgan fingerprint density at radius 3 is 2.57 bits per heavy atom. The second-order valence-corrected chi connectivity index (χ2v) is 6.98. The van der Waals surface area contributed by atoms with Crippen LogP contribution < -0.4 is 0 Å². The summed E-state index contributed by atoms with van der Waals surface area (Å²) in [6, 6.07) is 17.5. The first-order chi connectivity index (χ1) is 11.1. The summed E-state index contributed by atoms with van der Waals surface area (Å²) < 4.78 is 1.02. The largest absolute Gasteiger partial charge is 0.341 e. The predicted molar refractivity (Wildman–Crippen MR) is 97.9 cm³/mol. The average Bonchev–Trinajstić information content (AvgIpc) is 2.57. The van der Waals surface area contributed by atoms with Crippen LogP contribution in [0.15, 0.2) is 53.0 Å². The molecule has 0 aliphatic heterocycles. The molecule has 3 nitrogen and oxygen atoms in total. The lowest BCUT2D eigenvalue weighted by Crippen LogP contribution is -2.28. The minimum Gasteiger partial charge on any atom is -0.341 e. The van der Waals surface area contributed by atoms with Gasteiger partial charge in [0.2, 0.25) is 5.91 Å². The van der Waals surface area contributed by atoms with Gasteiger partial charge in [-0.05, 0) is 29.3 Å². The van der Waals surface area contributed by atoms with Gasteiger partial charge < -0.3 is 4.90 Å². The van der Waals surface area contributed by atoms with Crippen LogP contribution in [0.2, 0.25) is 0 Å². The average molecular weight is 389 g/mol. The topological polar surface area (TPSA) is 44.1 Å². The van der Waals surface area contributed by atoms with Crippen molar-refractivity contribution in [2.24, 2.45) is 0 Å². The summed E-state index contributed by atoms with van der Waals surface area (Å²) in [5.41, 5.74) is 2.87. The van der Waals surface area contributed by atoms with E-state index in [1.54, 1.807) is 28.8 Å². The van der Waals surface area contributed by atoms with Gasteiger partial charge in [-0.15, -0.1) is 11.8 Å². The molecule has 5 heteroatoms. The molecule has 2 aromatic carbocycles. The smallest absolute Gasteiger partial charge is 0.232 e. The van der Waals surface area contributed by atoms with Crippen LogP contribution in [0.25, 0.3) is 0 Å². The number of hydrogen-bond acceptors (Lipinski definition) is 3. The Hall–Kier alpha value is -1.77. The molecule has 0 atom stereocenters. The molecular formula is C18H17BrN2OS. The van der Waals surface area contributed by atoms with E-state index in [2.05, 4.69) is 22.0 Å². The monoisotopic (exact) mass is 388 g/mol. The quantitative estimate of drug-likeness (QED) is 0.743. The Kier molecular flexibility index (Phi) is 6.69. The van der Waals surface area contributed by atoms with Crippen LogP contribution in [-0.4, -0.2) is 23.6 Å². The van der Waals surface area contributed by atoms with Crippen LogP contribution in [0, 0.1) is 11.3 Å². The molecule has 0 aromatic heterocycles. The first-order valence-corrected chi connectivity index (χ1v) is 9.09. The fraction of sp³-hybridized carbons (Fsp3) is 0.222. The minimum atomic E-state index is 0.111. The van der Waals surface area contributed by atoms with Crippen molar-refractivity contribution in [3.8, 4) is 6.07 Å². The Labute approximate surface area is 149 Å². The van der Waals surface area contributed by atoms with E-state index in [-0.39, 0.29) is 5.91 Å². The van der Waals surface area contributed by atoms with E-state index in [4.69, 9.17) is 5.26 Å². The van der Waals surface area contributed by atoms with Crippen molar-refractivity contribution >= 4 is 33.6 Å². The summed E-state index contributed by atoms with van der Waals surface area (Å²) in [7, 11) is 1.82. The van der Waals surface area contributed by atoms with Gasteiger partial charge in [-0.1, -0.05) is 46.3 Å². The van der Waals surface area contributed by atoms with E-state index < -0.39 is 0 Å². The van der Waals surface area contributed by atoms with E-state index in [0.717, 1.165) is 21.4 Å². The molecule has 118 valence electrons. The van der Waals surface area contributed by atoms with Crippen molar-refractivity contribution in [2.75, 3.05) is 12.8 Å². The molecule has 0 bridgehead atoms. The molecule has 0 aliphatic carbocycles. The van der Waals surface area contributed by atoms with E-state index in [9.17, 15) is 4.79 Å². The Balaban J connectivity index is 1.80. The molecule has 23 heavy (non-hydrogen) atoms. The maximum absolute atomic E-state index is 12.2. The van der Waals surface area contributed by atoms with E-state index in [1.165, 1.54) is 0 Å². The molecular weight excluding hydrogens is 372 g/mol. The van der Waals surface area contributed by atoms with Gasteiger partial charge in [0.15, 0.2) is 0 Å². The predicted octanol–water partition coefficient (Wildman–Crippen LogP) is 4.21. The maximum atomic E-state index is 12.2. The van der Waals surface area contributed by atoms with Crippen molar-refractivity contribution in [1.29, 1.82) is 5.26 Å². The molecule has 0 heterocycles. The van der Waals surface area contributed by atoms with Gasteiger partial charge in [0.1, 0.15) is 0 Å². The Bertz CT molecular complexity index is 710. The third-order valence-corrected chi connectivity index (χ3v) is 5.13. The molecule has 0 fully saturated rings. The standard InChI is InChI=1S/C18H17BrN2OS/c1-21(11-16-4-2-3-5-17(16)19)18(22)13-23-12-15-8-6-14(10-20)7-9-15/h2-9H,11-13H2,1H3. The number of carbonyl (C=O) groups excluding carboxylic acids is 1. The fourth-order valence-electron chi connectivity index (χ4n) is 2.01. The molecule has 1 amide bonds. The summed E-state index contributed by atoms with van der Waals surface area (Å²) in [6.07, 6.45) is 0. The highest BCUT2D eigenvalue weighted by Crippen LogP contribution is 2.18. The molecule has 0 saturated heterocycles. The number of halogens is 1. The summed E-state index contributed by atoms with van der Waals surface area (Å²) in [5.74, 6) is 1.32. The maximum Gasteiger partial charge on any atom is 0.232 e.